The van der Waals surface area contributed by atoms with E-state index in [1.807, 2.05) is 13.8 Å². The number of alkyl carbamates (subject to hydrolysis) is 1. The molecule has 1 aliphatic heterocycles. The molecule has 1 rings (SSSR count). The van der Waals surface area contributed by atoms with Gasteiger partial charge in [-0.3, -0.25) is 4.79 Å². The standard InChI is InChI=1S/C11H19N3O4/c1-8(2)7-18-11(16)12-6-10(15)14-5-3-4-9(14)13-17/h8-9H,3-7H2,1-2H3,(H,12,16)/t9-/m0/s1. The van der Waals surface area contributed by atoms with Crippen LogP contribution < -0.4 is 5.32 Å². The van der Waals surface area contributed by atoms with Crippen LogP contribution in [0.3, 0.4) is 0 Å². The van der Waals surface area contributed by atoms with Crippen molar-refractivity contribution in [2.75, 3.05) is 19.7 Å². The number of likely N-dealkylation sites (tertiary alicyclic amines) is 1. The number of nitrogens with zero attached hydrogens (tertiary/aromatic N) is 2. The van der Waals surface area contributed by atoms with E-state index in [0.29, 0.717) is 19.6 Å². The van der Waals surface area contributed by atoms with Crippen molar-refractivity contribution in [2.45, 2.75) is 32.9 Å². The SMILES string of the molecule is CC(C)COC(=O)NCC(=O)N1CCC[C@H]1N=O. The summed E-state index contributed by atoms with van der Waals surface area (Å²) in [6, 6.07) is 0. The molecule has 0 aromatic heterocycles. The van der Waals surface area contributed by atoms with Crippen LogP contribution in [0.1, 0.15) is 26.7 Å². The minimum atomic E-state index is -0.619. The Balaban J connectivity index is 2.28. The predicted molar refractivity (Wildman–Crippen MR) is 64.7 cm³/mol. The fraction of sp³-hybridized carbons (Fsp3) is 0.818. The first kappa shape index (κ1) is 14.4. The summed E-state index contributed by atoms with van der Waals surface area (Å²) in [6.45, 7) is 4.50. The van der Waals surface area contributed by atoms with Crippen LogP contribution in [0.25, 0.3) is 0 Å². The van der Waals surface area contributed by atoms with Crippen LogP contribution in [-0.4, -0.2) is 42.8 Å². The van der Waals surface area contributed by atoms with Gasteiger partial charge < -0.3 is 15.0 Å². The maximum Gasteiger partial charge on any atom is 0.407 e. The fourth-order valence-corrected chi connectivity index (χ4v) is 1.69. The molecule has 0 aliphatic carbocycles. The van der Waals surface area contributed by atoms with E-state index >= 15 is 0 Å². The van der Waals surface area contributed by atoms with E-state index in [1.165, 1.54) is 4.90 Å². The maximum atomic E-state index is 11.7. The predicted octanol–water partition coefficient (Wildman–Crippen LogP) is 1.08. The van der Waals surface area contributed by atoms with E-state index in [2.05, 4.69) is 10.5 Å². The number of carbonyl (C=O) groups excluding carboxylic acids is 2. The smallest absolute Gasteiger partial charge is 0.407 e. The first-order chi connectivity index (χ1) is 8.54. The largest absolute Gasteiger partial charge is 0.449 e. The fourth-order valence-electron chi connectivity index (χ4n) is 1.69. The van der Waals surface area contributed by atoms with Crippen LogP contribution in [0.2, 0.25) is 0 Å². The van der Waals surface area contributed by atoms with Gasteiger partial charge in [0.1, 0.15) is 6.54 Å². The second-order valence-electron chi connectivity index (χ2n) is 4.66. The summed E-state index contributed by atoms with van der Waals surface area (Å²) in [6.07, 6.45) is 0.144. The van der Waals surface area contributed by atoms with E-state index in [-0.39, 0.29) is 18.4 Å². The molecule has 1 N–H and O–H groups in total. The van der Waals surface area contributed by atoms with Crippen molar-refractivity contribution < 1.29 is 14.3 Å². The Labute approximate surface area is 106 Å². The quantitative estimate of drug-likeness (QED) is 0.746. The molecule has 102 valence electrons. The van der Waals surface area contributed by atoms with E-state index in [0.717, 1.165) is 6.42 Å². The molecule has 0 radical (unpaired) electrons. The molecule has 0 saturated carbocycles. The normalized spacial score (nSPS) is 18.8. The Morgan fingerprint density at radius 1 is 1.50 bits per heavy atom. The lowest BCUT2D eigenvalue weighted by Gasteiger charge is -2.19. The average Bonchev–Trinajstić information content (AvgIpc) is 2.81. The molecule has 1 heterocycles. The Kier molecular flexibility index (Phi) is 5.54. The second-order valence-corrected chi connectivity index (χ2v) is 4.66. The van der Waals surface area contributed by atoms with E-state index in [4.69, 9.17) is 4.74 Å². The molecule has 2 amide bonds. The van der Waals surface area contributed by atoms with Gasteiger partial charge in [0, 0.05) is 6.54 Å². The number of hydrogen-bond acceptors (Lipinski definition) is 5. The molecule has 1 saturated heterocycles. The van der Waals surface area contributed by atoms with Crippen LogP contribution in [0.15, 0.2) is 5.18 Å². The topological polar surface area (TPSA) is 88.1 Å². The third-order valence-electron chi connectivity index (χ3n) is 2.59. The Hall–Kier alpha value is -1.66. The number of carbonyl (C=O) groups is 2. The Morgan fingerprint density at radius 3 is 2.83 bits per heavy atom. The van der Waals surface area contributed by atoms with Crippen LogP contribution in [0.5, 0.6) is 0 Å². The number of nitrogens with one attached hydrogen (secondary N) is 1. The van der Waals surface area contributed by atoms with Crippen molar-refractivity contribution >= 4 is 12.0 Å². The third kappa shape index (κ3) is 4.31. The first-order valence-corrected chi connectivity index (χ1v) is 6.07. The van der Waals surface area contributed by atoms with E-state index in [9.17, 15) is 14.5 Å². The zero-order valence-corrected chi connectivity index (χ0v) is 10.7. The number of amides is 2. The van der Waals surface area contributed by atoms with Gasteiger partial charge in [0.15, 0.2) is 6.17 Å². The van der Waals surface area contributed by atoms with E-state index < -0.39 is 12.3 Å². The molecular formula is C11H19N3O4. The third-order valence-corrected chi connectivity index (χ3v) is 2.59. The molecule has 1 aliphatic rings. The zero-order chi connectivity index (χ0) is 13.5. The van der Waals surface area contributed by atoms with Gasteiger partial charge in [-0.15, -0.1) is 4.91 Å². The highest BCUT2D eigenvalue weighted by molar-refractivity contribution is 5.82. The molecule has 0 aromatic rings. The lowest BCUT2D eigenvalue weighted by Crippen LogP contribution is -2.42. The van der Waals surface area contributed by atoms with Crippen LogP contribution in [-0.2, 0) is 9.53 Å². The number of ether oxygens (including phenoxy) is 1. The summed E-state index contributed by atoms with van der Waals surface area (Å²) in [7, 11) is 0. The van der Waals surface area contributed by atoms with Crippen molar-refractivity contribution in [1.29, 1.82) is 0 Å². The highest BCUT2D eigenvalue weighted by Crippen LogP contribution is 2.17. The van der Waals surface area contributed by atoms with Crippen LogP contribution >= 0.6 is 0 Å². The zero-order valence-electron chi connectivity index (χ0n) is 10.7. The van der Waals surface area contributed by atoms with Gasteiger partial charge in [0.05, 0.1) is 6.61 Å². The summed E-state index contributed by atoms with van der Waals surface area (Å²) >= 11 is 0. The molecule has 1 fully saturated rings. The summed E-state index contributed by atoms with van der Waals surface area (Å²) in [5, 5.41) is 5.25. The molecule has 0 unspecified atom stereocenters. The van der Waals surface area contributed by atoms with Crippen molar-refractivity contribution in [3.05, 3.63) is 4.91 Å². The van der Waals surface area contributed by atoms with Gasteiger partial charge in [-0.05, 0) is 23.9 Å². The molecule has 7 nitrogen and oxygen atoms in total. The van der Waals surface area contributed by atoms with Crippen molar-refractivity contribution in [2.24, 2.45) is 11.1 Å². The lowest BCUT2D eigenvalue weighted by atomic mass is 10.2. The highest BCUT2D eigenvalue weighted by atomic mass is 16.5. The number of hydrogen-bond donors (Lipinski definition) is 1. The molecule has 7 heteroatoms. The van der Waals surface area contributed by atoms with Gasteiger partial charge in [-0.1, -0.05) is 13.8 Å². The number of rotatable bonds is 5. The summed E-state index contributed by atoms with van der Waals surface area (Å²) in [4.78, 5) is 34.8. The summed E-state index contributed by atoms with van der Waals surface area (Å²) in [5.41, 5.74) is 0. The average molecular weight is 257 g/mol. The minimum absolute atomic E-state index is 0.164. The molecule has 0 bridgehead atoms. The van der Waals surface area contributed by atoms with Gasteiger partial charge in [0.25, 0.3) is 0 Å². The molecule has 0 spiro atoms. The Bertz CT molecular complexity index is 319. The summed E-state index contributed by atoms with van der Waals surface area (Å²) in [5.74, 6) is -0.0627. The highest BCUT2D eigenvalue weighted by Gasteiger charge is 2.29. The van der Waals surface area contributed by atoms with Gasteiger partial charge in [-0.2, -0.15) is 0 Å². The Morgan fingerprint density at radius 2 is 2.22 bits per heavy atom. The van der Waals surface area contributed by atoms with Gasteiger partial charge in [-0.25, -0.2) is 4.79 Å². The van der Waals surface area contributed by atoms with Crippen molar-refractivity contribution in [3.8, 4) is 0 Å². The molecule has 18 heavy (non-hydrogen) atoms. The first-order valence-electron chi connectivity index (χ1n) is 6.07. The number of nitroso groups, excluding NO2 is 1. The van der Waals surface area contributed by atoms with Gasteiger partial charge in [0.2, 0.25) is 5.91 Å². The van der Waals surface area contributed by atoms with E-state index in [1.54, 1.807) is 0 Å². The van der Waals surface area contributed by atoms with Crippen LogP contribution in [0, 0.1) is 10.8 Å². The monoisotopic (exact) mass is 257 g/mol. The molecular weight excluding hydrogens is 238 g/mol. The second kappa shape index (κ2) is 6.93. The van der Waals surface area contributed by atoms with Crippen molar-refractivity contribution in [3.63, 3.8) is 0 Å². The lowest BCUT2D eigenvalue weighted by molar-refractivity contribution is -0.130. The summed E-state index contributed by atoms with van der Waals surface area (Å²) < 4.78 is 4.86. The maximum absolute atomic E-state index is 11.7. The van der Waals surface area contributed by atoms with Crippen LogP contribution in [0.4, 0.5) is 4.79 Å². The van der Waals surface area contributed by atoms with Gasteiger partial charge >= 0.3 is 6.09 Å². The molecule has 1 atom stereocenters. The molecule has 0 aromatic carbocycles. The van der Waals surface area contributed by atoms with Crippen molar-refractivity contribution in [1.82, 2.24) is 10.2 Å². The minimum Gasteiger partial charge on any atom is -0.449 e.